The number of hydrogen-bond acceptors (Lipinski definition) is 12. The van der Waals surface area contributed by atoms with E-state index < -0.39 is 67.5 Å². The van der Waals surface area contributed by atoms with Crippen LogP contribution in [0.4, 0.5) is 5.82 Å². The number of ether oxygens (including phenoxy) is 1. The van der Waals surface area contributed by atoms with Gasteiger partial charge >= 0.3 is 25.4 Å². The van der Waals surface area contributed by atoms with Gasteiger partial charge in [-0.1, -0.05) is 13.8 Å². The third-order valence-electron chi connectivity index (χ3n) is 4.85. The number of aliphatic carboxylic acids is 1. The summed E-state index contributed by atoms with van der Waals surface area (Å²) in [6, 6.07) is 0.0365. The van der Waals surface area contributed by atoms with Gasteiger partial charge < -0.3 is 25.8 Å². The van der Waals surface area contributed by atoms with E-state index in [1.807, 2.05) is 0 Å². The fourth-order valence-electron chi connectivity index (χ4n) is 3.21. The van der Waals surface area contributed by atoms with E-state index >= 15 is 0 Å². The van der Waals surface area contributed by atoms with Crippen molar-refractivity contribution in [3.8, 4) is 0 Å². The number of aliphatic hydroxyl groups is 2. The number of anilines is 1. The second-order valence-electron chi connectivity index (χ2n) is 8.11. The molecular weight excluding hydrogens is 507 g/mol. The van der Waals surface area contributed by atoms with Gasteiger partial charge in [0.1, 0.15) is 23.3 Å². The van der Waals surface area contributed by atoms with Gasteiger partial charge in [-0.3, -0.25) is 18.4 Å². The molecule has 2 rings (SSSR count). The minimum absolute atomic E-state index is 0.00990. The molecule has 1 aliphatic rings. The monoisotopic (exact) mass is 538 g/mol. The number of hydrogen-bond donors (Lipinski definition) is 5. The van der Waals surface area contributed by atoms with Gasteiger partial charge in [-0.05, 0) is 25.3 Å². The van der Waals surface area contributed by atoms with E-state index in [0.29, 0.717) is 0 Å². The number of rotatable bonds is 13. The lowest BCUT2D eigenvalue weighted by Gasteiger charge is -2.25. The van der Waals surface area contributed by atoms with E-state index in [1.165, 1.54) is 12.3 Å². The third-order valence-corrected chi connectivity index (χ3v) is 7.98. The molecule has 0 radical (unpaired) electrons. The Morgan fingerprint density at radius 3 is 2.57 bits per heavy atom. The van der Waals surface area contributed by atoms with Crippen molar-refractivity contribution >= 4 is 37.3 Å². The van der Waals surface area contributed by atoms with Gasteiger partial charge in [-0.15, -0.1) is 11.8 Å². The highest BCUT2D eigenvalue weighted by Crippen LogP contribution is 2.48. The minimum Gasteiger partial charge on any atom is -0.480 e. The average Bonchev–Trinajstić information content (AvgIpc) is 3.04. The summed E-state index contributed by atoms with van der Waals surface area (Å²) in [7, 11) is -4.40. The summed E-state index contributed by atoms with van der Waals surface area (Å²) in [6.07, 6.45) is -1.41. The zero-order chi connectivity index (χ0) is 26.3. The molecule has 1 fully saturated rings. The molecule has 198 valence electrons. The van der Waals surface area contributed by atoms with E-state index in [1.54, 1.807) is 20.8 Å². The molecular formula is C19H31N4O10PS. The number of nitrogens with zero attached hydrogens (tertiary/aromatic N) is 2. The number of nitrogens with two attached hydrogens (primary N) is 1. The largest absolute Gasteiger partial charge is 0.480 e. The van der Waals surface area contributed by atoms with Gasteiger partial charge in [-0.2, -0.15) is 4.98 Å². The zero-order valence-corrected chi connectivity index (χ0v) is 21.2. The highest BCUT2D eigenvalue weighted by molar-refractivity contribution is 8.00. The lowest BCUT2D eigenvalue weighted by atomic mass is 10.1. The van der Waals surface area contributed by atoms with Gasteiger partial charge in [0.2, 0.25) is 0 Å². The first-order valence-electron chi connectivity index (χ1n) is 10.8. The van der Waals surface area contributed by atoms with Crippen molar-refractivity contribution in [2.24, 2.45) is 5.92 Å². The van der Waals surface area contributed by atoms with Crippen molar-refractivity contribution < 1.29 is 43.3 Å². The number of carbonyl (C=O) groups excluding carboxylic acids is 1. The van der Waals surface area contributed by atoms with E-state index in [4.69, 9.17) is 19.5 Å². The molecule has 1 saturated heterocycles. The zero-order valence-electron chi connectivity index (χ0n) is 19.5. The first kappa shape index (κ1) is 29.2. The molecule has 0 aromatic carbocycles. The maximum atomic E-state index is 13.3. The molecule has 0 saturated carbocycles. The lowest BCUT2D eigenvalue weighted by molar-refractivity contribution is -0.145. The Kier molecular flexibility index (Phi) is 10.7. The smallest absolute Gasteiger partial charge is 0.406 e. The van der Waals surface area contributed by atoms with Gasteiger partial charge in [0.05, 0.1) is 24.6 Å². The Balaban J connectivity index is 2.17. The molecule has 0 bridgehead atoms. The van der Waals surface area contributed by atoms with Gasteiger partial charge in [0.25, 0.3) is 0 Å². The first-order chi connectivity index (χ1) is 16.4. The molecule has 35 heavy (non-hydrogen) atoms. The van der Waals surface area contributed by atoms with Crippen LogP contribution >= 0.6 is 19.5 Å². The Morgan fingerprint density at radius 2 is 2.00 bits per heavy atom. The van der Waals surface area contributed by atoms with Crippen LogP contribution in [-0.4, -0.2) is 80.1 Å². The summed E-state index contributed by atoms with van der Waals surface area (Å²) in [5.41, 5.74) is 4.74. The van der Waals surface area contributed by atoms with Crippen molar-refractivity contribution in [1.29, 1.82) is 0 Å². The Bertz CT molecular complexity index is 993. The molecule has 6 N–H and O–H groups in total. The van der Waals surface area contributed by atoms with Crippen molar-refractivity contribution in [1.82, 2.24) is 14.6 Å². The van der Waals surface area contributed by atoms with E-state index in [-0.39, 0.29) is 24.8 Å². The predicted octanol–water partition coefficient (Wildman–Crippen LogP) is -0.0454. The van der Waals surface area contributed by atoms with Crippen molar-refractivity contribution in [2.75, 3.05) is 25.6 Å². The quantitative estimate of drug-likeness (QED) is 0.165. The van der Waals surface area contributed by atoms with Crippen LogP contribution in [0, 0.1) is 5.92 Å². The molecule has 14 nitrogen and oxygen atoms in total. The van der Waals surface area contributed by atoms with Crippen molar-refractivity contribution in [2.45, 2.75) is 56.1 Å². The summed E-state index contributed by atoms with van der Waals surface area (Å²) in [6.45, 7) is 3.91. The average molecular weight is 539 g/mol. The van der Waals surface area contributed by atoms with Crippen LogP contribution in [-0.2, 0) is 27.9 Å². The summed E-state index contributed by atoms with van der Waals surface area (Å²) >= 11 is 0.954. The Hall–Kier alpha value is -2.00. The summed E-state index contributed by atoms with van der Waals surface area (Å²) in [4.78, 5) is 39.1. The standard InChI is InChI=1S/C19H31N4O10PS/c1-4-31-14(24)9-33-34(30,22-11(18(27)28)7-10(2)3)32-8-12-15(25)16(26)17(35-12)23-6-5-13(20)21-19(23)29/h5-6,10-12,15-17,25-26H,4,7-9H2,1-3H3,(H,22,30)(H,27,28)(H2,20,21,29)/t11-,12+,15+,16-,17+,34?/m0/s1. The van der Waals surface area contributed by atoms with Gasteiger partial charge in [-0.25, -0.2) is 19.2 Å². The summed E-state index contributed by atoms with van der Waals surface area (Å²) in [5.74, 6) is -2.24. The third kappa shape index (κ3) is 8.27. The predicted molar refractivity (Wildman–Crippen MR) is 125 cm³/mol. The summed E-state index contributed by atoms with van der Waals surface area (Å²) < 4.78 is 29.7. The molecule has 1 aliphatic heterocycles. The van der Waals surface area contributed by atoms with E-state index in [0.717, 1.165) is 16.3 Å². The number of carboxylic acid groups (broad SMARTS) is 1. The lowest BCUT2D eigenvalue weighted by Crippen LogP contribution is -2.38. The maximum absolute atomic E-state index is 13.3. The Morgan fingerprint density at radius 1 is 1.31 bits per heavy atom. The topological polar surface area (TPSA) is 213 Å². The summed E-state index contributed by atoms with van der Waals surface area (Å²) in [5, 5.41) is 30.9. The van der Waals surface area contributed by atoms with Crippen LogP contribution < -0.4 is 16.5 Å². The molecule has 0 aliphatic carbocycles. The molecule has 0 amide bonds. The van der Waals surface area contributed by atoms with Crippen molar-refractivity contribution in [3.05, 3.63) is 22.7 Å². The molecule has 1 unspecified atom stereocenters. The van der Waals surface area contributed by atoms with Gasteiger partial charge in [0, 0.05) is 6.20 Å². The minimum atomic E-state index is -4.40. The molecule has 1 aromatic heterocycles. The highest BCUT2D eigenvalue weighted by atomic mass is 32.2. The highest BCUT2D eigenvalue weighted by Gasteiger charge is 2.45. The molecule has 2 heterocycles. The molecule has 6 atom stereocenters. The molecule has 16 heteroatoms. The normalized spacial score (nSPS) is 24.7. The molecule has 0 spiro atoms. The second kappa shape index (κ2) is 12.8. The van der Waals surface area contributed by atoms with Crippen LogP contribution in [0.1, 0.15) is 32.6 Å². The Labute approximate surface area is 205 Å². The maximum Gasteiger partial charge on any atom is 0.406 e. The number of thioether (sulfide) groups is 1. The number of carbonyl (C=O) groups is 2. The fraction of sp³-hybridized carbons (Fsp3) is 0.684. The number of carboxylic acids is 1. The second-order valence-corrected chi connectivity index (χ2v) is 11.2. The van der Waals surface area contributed by atoms with Crippen LogP contribution in [0.3, 0.4) is 0 Å². The SMILES string of the molecule is CCOC(=O)COP(=O)(N[C@@H](CC(C)C)C(=O)O)OC[C@H]1S[C@@H](n2ccc(N)nc2=O)[C@@H](O)[C@@H]1O. The van der Waals surface area contributed by atoms with Crippen LogP contribution in [0.2, 0.25) is 0 Å². The number of nitrogens with one attached hydrogen (secondary N) is 1. The number of nitrogen functional groups attached to an aromatic ring is 1. The van der Waals surface area contributed by atoms with Crippen LogP contribution in [0.25, 0.3) is 0 Å². The van der Waals surface area contributed by atoms with Gasteiger partial charge in [0.15, 0.2) is 6.61 Å². The molecule has 1 aromatic rings. The van der Waals surface area contributed by atoms with Crippen LogP contribution in [0.15, 0.2) is 17.1 Å². The van der Waals surface area contributed by atoms with Crippen LogP contribution in [0.5, 0.6) is 0 Å². The number of esters is 1. The van der Waals surface area contributed by atoms with Crippen molar-refractivity contribution in [3.63, 3.8) is 0 Å². The number of aromatic nitrogens is 2. The number of aliphatic hydroxyl groups excluding tert-OH is 2. The first-order valence-corrected chi connectivity index (χ1v) is 13.3. The fourth-order valence-corrected chi connectivity index (χ4v) is 6.21. The van der Waals surface area contributed by atoms with E-state index in [2.05, 4.69) is 10.1 Å². The van der Waals surface area contributed by atoms with E-state index in [9.17, 15) is 34.3 Å².